The highest BCUT2D eigenvalue weighted by Crippen LogP contribution is 2.26. The molecule has 0 bridgehead atoms. The van der Waals surface area contributed by atoms with Crippen LogP contribution in [0.5, 0.6) is 0 Å². The maximum Gasteiger partial charge on any atom is 0.234 e. The quantitative estimate of drug-likeness (QED) is 0.666. The molecule has 0 saturated heterocycles. The topological polar surface area (TPSA) is 33.2 Å². The predicted octanol–water partition coefficient (Wildman–Crippen LogP) is 4.72. The number of carbonyl (C=O) groups is 1. The first-order valence-corrected chi connectivity index (χ1v) is 8.50. The number of para-hydroxylation sites is 1. The number of pyridine rings is 1. The Hall–Kier alpha value is -2.65. The van der Waals surface area contributed by atoms with Gasteiger partial charge in [0.2, 0.25) is 5.91 Å². The number of anilines is 1. The van der Waals surface area contributed by atoms with Gasteiger partial charge in [-0.1, -0.05) is 41.9 Å². The first-order valence-electron chi connectivity index (χ1n) is 8.12. The zero-order chi connectivity index (χ0) is 17.6. The average Bonchev–Trinajstić information content (AvgIpc) is 2.67. The average molecular weight is 351 g/mol. The summed E-state index contributed by atoms with van der Waals surface area (Å²) in [5, 5.41) is 0.662. The van der Waals surface area contributed by atoms with Crippen LogP contribution < -0.4 is 4.90 Å². The first kappa shape index (κ1) is 17.2. The van der Waals surface area contributed by atoms with Crippen molar-refractivity contribution in [2.45, 2.75) is 12.3 Å². The van der Waals surface area contributed by atoms with E-state index in [9.17, 15) is 4.79 Å². The lowest BCUT2D eigenvalue weighted by atomic mass is 9.91. The van der Waals surface area contributed by atoms with Crippen LogP contribution in [0.4, 0.5) is 5.69 Å². The highest BCUT2D eigenvalue weighted by molar-refractivity contribution is 6.30. The second kappa shape index (κ2) is 7.95. The summed E-state index contributed by atoms with van der Waals surface area (Å²) in [5.41, 5.74) is 2.90. The van der Waals surface area contributed by atoms with Crippen molar-refractivity contribution in [2.24, 2.45) is 0 Å². The predicted molar refractivity (Wildman–Crippen MR) is 102 cm³/mol. The van der Waals surface area contributed by atoms with Crippen molar-refractivity contribution in [1.29, 1.82) is 0 Å². The fourth-order valence-electron chi connectivity index (χ4n) is 2.81. The third-order valence-corrected chi connectivity index (χ3v) is 4.49. The van der Waals surface area contributed by atoms with E-state index in [4.69, 9.17) is 11.6 Å². The second-order valence-electron chi connectivity index (χ2n) is 5.90. The summed E-state index contributed by atoms with van der Waals surface area (Å²) in [6.07, 6.45) is 4.11. The monoisotopic (exact) mass is 350 g/mol. The lowest BCUT2D eigenvalue weighted by Gasteiger charge is -2.24. The molecular formula is C21H19ClN2O. The van der Waals surface area contributed by atoms with Gasteiger partial charge < -0.3 is 4.90 Å². The Bertz CT molecular complexity index is 820. The molecule has 2 aromatic carbocycles. The Labute approximate surface area is 152 Å². The number of hydrogen-bond donors (Lipinski definition) is 0. The zero-order valence-electron chi connectivity index (χ0n) is 14.0. The van der Waals surface area contributed by atoms with E-state index in [1.807, 2.05) is 73.8 Å². The maximum atomic E-state index is 13.2. The molecule has 0 saturated carbocycles. The van der Waals surface area contributed by atoms with Gasteiger partial charge in [-0.2, -0.15) is 0 Å². The molecule has 3 nitrogen and oxygen atoms in total. The zero-order valence-corrected chi connectivity index (χ0v) is 14.7. The van der Waals surface area contributed by atoms with Gasteiger partial charge in [0.15, 0.2) is 0 Å². The minimum atomic E-state index is -0.287. The molecule has 0 N–H and O–H groups in total. The number of carbonyl (C=O) groups excluding carboxylic acids is 1. The highest BCUT2D eigenvalue weighted by Gasteiger charge is 2.25. The standard InChI is InChI=1S/C21H19ClN2O/c1-24(19-5-3-2-4-6-19)21(25)20(15-16-11-13-23-14-12-16)17-7-9-18(22)10-8-17/h2-14,20H,15H2,1H3. The van der Waals surface area contributed by atoms with Crippen LogP contribution in [0.2, 0.25) is 5.02 Å². The lowest BCUT2D eigenvalue weighted by molar-refractivity contribution is -0.119. The SMILES string of the molecule is CN(C(=O)C(Cc1ccncc1)c1ccc(Cl)cc1)c1ccccc1. The van der Waals surface area contributed by atoms with Crippen LogP contribution in [0.15, 0.2) is 79.1 Å². The van der Waals surface area contributed by atoms with Crippen molar-refractivity contribution >= 4 is 23.2 Å². The third kappa shape index (κ3) is 4.25. The molecule has 1 atom stereocenters. The molecule has 1 unspecified atom stereocenters. The van der Waals surface area contributed by atoms with Crippen LogP contribution in [0, 0.1) is 0 Å². The Morgan fingerprint density at radius 1 is 1.00 bits per heavy atom. The van der Waals surface area contributed by atoms with Gasteiger partial charge in [-0.3, -0.25) is 9.78 Å². The third-order valence-electron chi connectivity index (χ3n) is 4.23. The number of hydrogen-bond acceptors (Lipinski definition) is 2. The van der Waals surface area contributed by atoms with Crippen LogP contribution in [-0.2, 0) is 11.2 Å². The molecule has 4 heteroatoms. The largest absolute Gasteiger partial charge is 0.315 e. The van der Waals surface area contributed by atoms with Crippen molar-refractivity contribution in [3.05, 3.63) is 95.3 Å². The molecule has 0 aliphatic rings. The van der Waals surface area contributed by atoms with Crippen LogP contribution in [0.3, 0.4) is 0 Å². The minimum Gasteiger partial charge on any atom is -0.315 e. The highest BCUT2D eigenvalue weighted by atomic mass is 35.5. The van der Waals surface area contributed by atoms with E-state index in [1.165, 1.54) is 0 Å². The van der Waals surface area contributed by atoms with Gasteiger partial charge >= 0.3 is 0 Å². The van der Waals surface area contributed by atoms with E-state index >= 15 is 0 Å². The lowest BCUT2D eigenvalue weighted by Crippen LogP contribution is -2.32. The number of benzene rings is 2. The molecule has 3 rings (SSSR count). The Morgan fingerprint density at radius 3 is 2.28 bits per heavy atom. The van der Waals surface area contributed by atoms with Crippen LogP contribution in [0.1, 0.15) is 17.0 Å². The van der Waals surface area contributed by atoms with Crippen molar-refractivity contribution < 1.29 is 4.79 Å². The molecule has 25 heavy (non-hydrogen) atoms. The molecule has 3 aromatic rings. The Balaban J connectivity index is 1.92. The Kier molecular flexibility index (Phi) is 5.46. The number of likely N-dealkylation sites (N-methyl/N-ethyl adjacent to an activating group) is 1. The van der Waals surface area contributed by atoms with E-state index < -0.39 is 0 Å². The van der Waals surface area contributed by atoms with E-state index in [1.54, 1.807) is 17.3 Å². The summed E-state index contributed by atoms with van der Waals surface area (Å²) >= 11 is 6.01. The Morgan fingerprint density at radius 2 is 1.64 bits per heavy atom. The fraction of sp³-hybridized carbons (Fsp3) is 0.143. The van der Waals surface area contributed by atoms with Gasteiger partial charge in [0.05, 0.1) is 5.92 Å². The van der Waals surface area contributed by atoms with Crippen molar-refractivity contribution in [2.75, 3.05) is 11.9 Å². The van der Waals surface area contributed by atoms with Gasteiger partial charge in [-0.25, -0.2) is 0 Å². The minimum absolute atomic E-state index is 0.0466. The molecule has 0 aliphatic carbocycles. The molecule has 1 aromatic heterocycles. The number of aromatic nitrogens is 1. The molecule has 1 amide bonds. The molecule has 0 spiro atoms. The molecular weight excluding hydrogens is 332 g/mol. The van der Waals surface area contributed by atoms with E-state index in [2.05, 4.69) is 4.98 Å². The number of nitrogens with zero attached hydrogens (tertiary/aromatic N) is 2. The number of amides is 1. The summed E-state index contributed by atoms with van der Waals surface area (Å²) in [6.45, 7) is 0. The maximum absolute atomic E-state index is 13.2. The summed E-state index contributed by atoms with van der Waals surface area (Å²) in [6, 6.07) is 21.0. The van der Waals surface area contributed by atoms with Crippen LogP contribution >= 0.6 is 11.6 Å². The number of halogens is 1. The van der Waals surface area contributed by atoms with Crippen molar-refractivity contribution in [1.82, 2.24) is 4.98 Å². The van der Waals surface area contributed by atoms with Crippen molar-refractivity contribution in [3.63, 3.8) is 0 Å². The van der Waals surface area contributed by atoms with E-state index in [0.29, 0.717) is 11.4 Å². The van der Waals surface area contributed by atoms with Crippen LogP contribution in [-0.4, -0.2) is 17.9 Å². The van der Waals surface area contributed by atoms with E-state index in [-0.39, 0.29) is 11.8 Å². The summed E-state index contributed by atoms with van der Waals surface area (Å²) < 4.78 is 0. The normalized spacial score (nSPS) is 11.8. The molecule has 0 radical (unpaired) electrons. The van der Waals surface area contributed by atoms with E-state index in [0.717, 1.165) is 16.8 Å². The van der Waals surface area contributed by atoms with Gasteiger partial charge in [-0.15, -0.1) is 0 Å². The van der Waals surface area contributed by atoms with Gasteiger partial charge in [-0.05, 0) is 53.9 Å². The molecule has 0 fully saturated rings. The van der Waals surface area contributed by atoms with Gasteiger partial charge in [0.25, 0.3) is 0 Å². The molecule has 126 valence electrons. The van der Waals surface area contributed by atoms with Gasteiger partial charge in [0, 0.05) is 30.2 Å². The number of rotatable bonds is 5. The van der Waals surface area contributed by atoms with Crippen molar-refractivity contribution in [3.8, 4) is 0 Å². The smallest absolute Gasteiger partial charge is 0.234 e. The first-order chi connectivity index (χ1) is 12.1. The van der Waals surface area contributed by atoms with Gasteiger partial charge in [0.1, 0.15) is 0 Å². The summed E-state index contributed by atoms with van der Waals surface area (Å²) in [5.74, 6) is -0.241. The summed E-state index contributed by atoms with van der Waals surface area (Å²) in [7, 11) is 1.81. The van der Waals surface area contributed by atoms with Crippen LogP contribution in [0.25, 0.3) is 0 Å². The fourth-order valence-corrected chi connectivity index (χ4v) is 2.94. The second-order valence-corrected chi connectivity index (χ2v) is 6.33. The molecule has 1 heterocycles. The summed E-state index contributed by atoms with van der Waals surface area (Å²) in [4.78, 5) is 19.0. The molecule has 0 aliphatic heterocycles.